The lowest BCUT2D eigenvalue weighted by Gasteiger charge is -2.16. The summed E-state index contributed by atoms with van der Waals surface area (Å²) in [6, 6.07) is 15.4. The SMILES string of the molecule is O=C(NCCN1C(=O)SC(=Cc2ccccc2)C1=O)c1ccccc1CN1C(=O)CNC1=O. The monoisotopic (exact) mass is 464 g/mol. The van der Waals surface area contributed by atoms with E-state index in [0.29, 0.717) is 16.0 Å². The number of amides is 6. The van der Waals surface area contributed by atoms with Crippen molar-refractivity contribution in [2.24, 2.45) is 0 Å². The third kappa shape index (κ3) is 4.96. The summed E-state index contributed by atoms with van der Waals surface area (Å²) in [5.41, 5.74) is 1.64. The Kier molecular flexibility index (Phi) is 6.55. The van der Waals surface area contributed by atoms with Gasteiger partial charge >= 0.3 is 6.03 Å². The molecule has 0 saturated carbocycles. The fraction of sp³-hybridized carbons (Fsp3) is 0.174. The van der Waals surface area contributed by atoms with Gasteiger partial charge in [0, 0.05) is 18.7 Å². The predicted molar refractivity (Wildman–Crippen MR) is 122 cm³/mol. The molecule has 2 aliphatic rings. The van der Waals surface area contributed by atoms with Crippen LogP contribution in [0, 0.1) is 0 Å². The Hall–Kier alpha value is -3.92. The van der Waals surface area contributed by atoms with Gasteiger partial charge in [-0.1, -0.05) is 48.5 Å². The molecule has 0 atom stereocenters. The molecule has 0 aliphatic carbocycles. The van der Waals surface area contributed by atoms with Crippen LogP contribution in [0.3, 0.4) is 0 Å². The largest absolute Gasteiger partial charge is 0.350 e. The summed E-state index contributed by atoms with van der Waals surface area (Å²) >= 11 is 0.863. The van der Waals surface area contributed by atoms with Gasteiger partial charge in [-0.2, -0.15) is 0 Å². The van der Waals surface area contributed by atoms with Crippen LogP contribution < -0.4 is 10.6 Å². The fourth-order valence-electron chi connectivity index (χ4n) is 3.44. The zero-order valence-corrected chi connectivity index (χ0v) is 18.3. The lowest BCUT2D eigenvalue weighted by atomic mass is 10.1. The molecule has 10 heteroatoms. The van der Waals surface area contributed by atoms with Crippen molar-refractivity contribution < 1.29 is 24.0 Å². The lowest BCUT2D eigenvalue weighted by molar-refractivity contribution is -0.125. The van der Waals surface area contributed by atoms with Gasteiger partial charge in [0.1, 0.15) is 0 Å². The Balaban J connectivity index is 1.37. The molecular weight excluding hydrogens is 444 g/mol. The zero-order valence-electron chi connectivity index (χ0n) is 17.4. The highest BCUT2D eigenvalue weighted by molar-refractivity contribution is 8.18. The number of carbonyl (C=O) groups excluding carboxylic acids is 5. The molecule has 2 fully saturated rings. The Labute approximate surface area is 193 Å². The highest BCUT2D eigenvalue weighted by Gasteiger charge is 2.35. The average molecular weight is 465 g/mol. The minimum Gasteiger partial charge on any atom is -0.350 e. The number of nitrogens with zero attached hydrogens (tertiary/aromatic N) is 2. The molecule has 2 N–H and O–H groups in total. The minimum absolute atomic E-state index is 0.0255. The number of imide groups is 2. The van der Waals surface area contributed by atoms with Crippen LogP contribution in [0.25, 0.3) is 6.08 Å². The number of carbonyl (C=O) groups is 5. The van der Waals surface area contributed by atoms with Crippen molar-refractivity contribution in [2.75, 3.05) is 19.6 Å². The average Bonchev–Trinajstić information content (AvgIpc) is 3.27. The van der Waals surface area contributed by atoms with Gasteiger partial charge in [-0.15, -0.1) is 0 Å². The normalized spacial score (nSPS) is 17.2. The zero-order chi connectivity index (χ0) is 23.4. The summed E-state index contributed by atoms with van der Waals surface area (Å²) in [6.07, 6.45) is 1.66. The van der Waals surface area contributed by atoms with Crippen LogP contribution in [-0.4, -0.2) is 58.4 Å². The van der Waals surface area contributed by atoms with E-state index >= 15 is 0 Å². The number of hydrogen-bond donors (Lipinski definition) is 2. The molecular formula is C23H20N4O5S. The Morgan fingerprint density at radius 2 is 1.73 bits per heavy atom. The third-order valence-electron chi connectivity index (χ3n) is 5.12. The van der Waals surface area contributed by atoms with E-state index in [9.17, 15) is 24.0 Å². The second-order valence-electron chi connectivity index (χ2n) is 7.30. The van der Waals surface area contributed by atoms with Crippen LogP contribution >= 0.6 is 11.8 Å². The summed E-state index contributed by atoms with van der Waals surface area (Å²) < 4.78 is 0. The molecule has 0 bridgehead atoms. The molecule has 2 aromatic rings. The first-order valence-electron chi connectivity index (χ1n) is 10.2. The molecule has 0 unspecified atom stereocenters. The Morgan fingerprint density at radius 3 is 2.45 bits per heavy atom. The van der Waals surface area contributed by atoms with Crippen LogP contribution in [0.2, 0.25) is 0 Å². The summed E-state index contributed by atoms with van der Waals surface area (Å²) in [7, 11) is 0. The van der Waals surface area contributed by atoms with Crippen LogP contribution in [0.15, 0.2) is 59.5 Å². The summed E-state index contributed by atoms with van der Waals surface area (Å²) in [5, 5.41) is 4.75. The van der Waals surface area contributed by atoms with Gasteiger partial charge in [0.25, 0.3) is 17.1 Å². The van der Waals surface area contributed by atoms with Crippen LogP contribution in [0.1, 0.15) is 21.5 Å². The van der Waals surface area contributed by atoms with Gasteiger partial charge in [0.15, 0.2) is 0 Å². The molecule has 4 rings (SSSR count). The van der Waals surface area contributed by atoms with Crippen molar-refractivity contribution in [3.63, 3.8) is 0 Å². The first kappa shape index (κ1) is 22.3. The van der Waals surface area contributed by atoms with E-state index in [-0.39, 0.29) is 32.1 Å². The number of thioether (sulfide) groups is 1. The first-order valence-corrected chi connectivity index (χ1v) is 11.0. The molecule has 168 valence electrons. The second-order valence-corrected chi connectivity index (χ2v) is 8.29. The van der Waals surface area contributed by atoms with Gasteiger partial charge in [-0.25, -0.2) is 4.79 Å². The standard InChI is InChI=1S/C23H20N4O5S/c28-19-13-25-22(31)27(19)14-16-8-4-5-9-17(16)20(29)24-10-11-26-21(30)18(33-23(26)32)12-15-6-2-1-3-7-15/h1-9,12H,10-11,13-14H2,(H,24,29)(H,25,31). The van der Waals surface area contributed by atoms with Gasteiger partial charge in [0.2, 0.25) is 5.91 Å². The van der Waals surface area contributed by atoms with E-state index in [4.69, 9.17) is 0 Å². The van der Waals surface area contributed by atoms with Crippen molar-refractivity contribution in [3.05, 3.63) is 76.2 Å². The molecule has 6 amide bonds. The van der Waals surface area contributed by atoms with Crippen molar-refractivity contribution in [2.45, 2.75) is 6.54 Å². The van der Waals surface area contributed by atoms with Gasteiger partial charge in [-0.3, -0.25) is 29.0 Å². The molecule has 9 nitrogen and oxygen atoms in total. The molecule has 2 saturated heterocycles. The molecule has 0 aromatic heterocycles. The van der Waals surface area contributed by atoms with Crippen LogP contribution in [-0.2, 0) is 16.1 Å². The van der Waals surface area contributed by atoms with Gasteiger partial charge in [0.05, 0.1) is 18.0 Å². The summed E-state index contributed by atoms with van der Waals surface area (Å²) in [4.78, 5) is 63.7. The van der Waals surface area contributed by atoms with E-state index in [1.165, 1.54) is 0 Å². The molecule has 2 aliphatic heterocycles. The summed E-state index contributed by atoms with van der Waals surface area (Å²) in [5.74, 6) is -1.19. The van der Waals surface area contributed by atoms with E-state index in [2.05, 4.69) is 10.6 Å². The van der Waals surface area contributed by atoms with E-state index in [1.54, 1.807) is 30.3 Å². The van der Waals surface area contributed by atoms with Crippen molar-refractivity contribution in [3.8, 4) is 0 Å². The number of rotatable bonds is 7. The maximum atomic E-state index is 12.7. The van der Waals surface area contributed by atoms with Crippen LogP contribution in [0.5, 0.6) is 0 Å². The number of benzene rings is 2. The predicted octanol–water partition coefficient (Wildman–Crippen LogP) is 2.20. The quantitative estimate of drug-likeness (QED) is 0.480. The highest BCUT2D eigenvalue weighted by Crippen LogP contribution is 2.31. The third-order valence-corrected chi connectivity index (χ3v) is 6.03. The smallest absolute Gasteiger partial charge is 0.324 e. The first-order chi connectivity index (χ1) is 15.9. The summed E-state index contributed by atoms with van der Waals surface area (Å²) in [6.45, 7) is -0.00385. The molecule has 33 heavy (non-hydrogen) atoms. The maximum absolute atomic E-state index is 12.7. The van der Waals surface area contributed by atoms with Crippen molar-refractivity contribution in [1.82, 2.24) is 20.4 Å². The Morgan fingerprint density at radius 1 is 1.00 bits per heavy atom. The molecule has 0 radical (unpaired) electrons. The van der Waals surface area contributed by atoms with E-state index < -0.39 is 23.1 Å². The number of hydrogen-bond acceptors (Lipinski definition) is 6. The fourth-order valence-corrected chi connectivity index (χ4v) is 4.30. The Bertz CT molecular complexity index is 1150. The van der Waals surface area contributed by atoms with Crippen LogP contribution in [0.4, 0.5) is 9.59 Å². The lowest BCUT2D eigenvalue weighted by Crippen LogP contribution is -2.38. The number of urea groups is 1. The van der Waals surface area contributed by atoms with Crippen molar-refractivity contribution in [1.29, 1.82) is 0 Å². The highest BCUT2D eigenvalue weighted by atomic mass is 32.2. The minimum atomic E-state index is -0.502. The van der Waals surface area contributed by atoms with E-state index in [1.807, 2.05) is 30.3 Å². The molecule has 0 spiro atoms. The van der Waals surface area contributed by atoms with Gasteiger partial charge < -0.3 is 10.6 Å². The maximum Gasteiger partial charge on any atom is 0.324 e. The van der Waals surface area contributed by atoms with Gasteiger partial charge in [-0.05, 0) is 35.0 Å². The van der Waals surface area contributed by atoms with Crippen molar-refractivity contribution >= 4 is 46.8 Å². The number of nitrogens with one attached hydrogen (secondary N) is 2. The molecule has 2 aromatic carbocycles. The second kappa shape index (κ2) is 9.70. The van der Waals surface area contributed by atoms with E-state index in [0.717, 1.165) is 27.1 Å². The molecule has 2 heterocycles. The topological polar surface area (TPSA) is 116 Å².